The zero-order chi connectivity index (χ0) is 16.6. The summed E-state index contributed by atoms with van der Waals surface area (Å²) in [5, 5.41) is 10.7. The highest BCUT2D eigenvalue weighted by Gasteiger charge is 2.41. The lowest BCUT2D eigenvalue weighted by Gasteiger charge is -2.39. The number of unbranched alkanes of at least 4 members (excludes halogenated alkanes) is 1. The number of rotatable bonds is 4. The SMILES string of the molecule is CCCC[C@H]1c2[nH]c3ccccc3c2C[C@@H](C(=O)O)N1C(C)=O. The Bertz CT molecular complexity index is 750. The van der Waals surface area contributed by atoms with Gasteiger partial charge in [0.2, 0.25) is 5.91 Å². The number of fused-ring (bicyclic) bond motifs is 3. The molecule has 122 valence electrons. The Morgan fingerprint density at radius 1 is 1.35 bits per heavy atom. The minimum absolute atomic E-state index is 0.178. The van der Waals surface area contributed by atoms with E-state index in [1.54, 1.807) is 4.90 Å². The second-order valence-corrected chi connectivity index (χ2v) is 6.21. The van der Waals surface area contributed by atoms with Crippen molar-refractivity contribution in [2.45, 2.75) is 51.6 Å². The summed E-state index contributed by atoms with van der Waals surface area (Å²) in [7, 11) is 0. The van der Waals surface area contributed by atoms with Crippen LogP contribution in [0, 0.1) is 0 Å². The van der Waals surface area contributed by atoms with Crippen LogP contribution in [0.2, 0.25) is 0 Å². The Labute approximate surface area is 135 Å². The number of nitrogens with zero attached hydrogens (tertiary/aromatic N) is 1. The number of carbonyl (C=O) groups excluding carboxylic acids is 1. The number of nitrogens with one attached hydrogen (secondary N) is 1. The Balaban J connectivity index is 2.16. The molecular formula is C18H22N2O3. The van der Waals surface area contributed by atoms with Crippen LogP contribution in [0.25, 0.3) is 10.9 Å². The molecule has 0 fully saturated rings. The second kappa shape index (κ2) is 6.07. The molecule has 2 N–H and O–H groups in total. The Morgan fingerprint density at radius 2 is 2.09 bits per heavy atom. The smallest absolute Gasteiger partial charge is 0.326 e. The van der Waals surface area contributed by atoms with E-state index in [9.17, 15) is 14.7 Å². The first-order chi connectivity index (χ1) is 11.0. The predicted octanol–water partition coefficient (Wildman–Crippen LogP) is 3.26. The molecule has 5 heteroatoms. The van der Waals surface area contributed by atoms with E-state index in [0.29, 0.717) is 6.42 Å². The third-order valence-corrected chi connectivity index (χ3v) is 4.73. The quantitative estimate of drug-likeness (QED) is 0.909. The van der Waals surface area contributed by atoms with Crippen molar-refractivity contribution in [2.75, 3.05) is 0 Å². The molecule has 1 amide bonds. The van der Waals surface area contributed by atoms with Gasteiger partial charge in [0.15, 0.2) is 0 Å². The molecule has 0 saturated heterocycles. The van der Waals surface area contributed by atoms with Gasteiger partial charge in [-0.1, -0.05) is 38.0 Å². The van der Waals surface area contributed by atoms with Crippen LogP contribution in [0.3, 0.4) is 0 Å². The number of carbonyl (C=O) groups is 2. The van der Waals surface area contributed by atoms with Crippen molar-refractivity contribution in [2.24, 2.45) is 0 Å². The molecule has 2 atom stereocenters. The first-order valence-electron chi connectivity index (χ1n) is 8.15. The number of hydrogen-bond donors (Lipinski definition) is 2. The summed E-state index contributed by atoms with van der Waals surface area (Å²) in [5.41, 5.74) is 3.06. The molecule has 5 nitrogen and oxygen atoms in total. The number of aromatic amines is 1. The second-order valence-electron chi connectivity index (χ2n) is 6.21. The standard InChI is InChI=1S/C18H22N2O3/c1-3-4-9-15-17-13(12-7-5-6-8-14(12)19-17)10-16(18(22)23)20(15)11(2)21/h5-8,15-16,19H,3-4,9-10H2,1-2H3,(H,22,23)/t15-,16-/m0/s1. The molecular weight excluding hydrogens is 292 g/mol. The molecule has 1 aromatic carbocycles. The van der Waals surface area contributed by atoms with Crippen molar-refractivity contribution in [3.8, 4) is 0 Å². The summed E-state index contributed by atoms with van der Waals surface area (Å²) in [6, 6.07) is 6.96. The van der Waals surface area contributed by atoms with E-state index in [4.69, 9.17) is 0 Å². The molecule has 23 heavy (non-hydrogen) atoms. The monoisotopic (exact) mass is 314 g/mol. The summed E-state index contributed by atoms with van der Waals surface area (Å²) < 4.78 is 0. The number of aromatic nitrogens is 1. The van der Waals surface area contributed by atoms with Crippen molar-refractivity contribution in [3.05, 3.63) is 35.5 Å². The van der Waals surface area contributed by atoms with Crippen molar-refractivity contribution in [1.82, 2.24) is 9.88 Å². The van der Waals surface area contributed by atoms with Gasteiger partial charge in [0.05, 0.1) is 6.04 Å². The van der Waals surface area contributed by atoms with E-state index in [1.165, 1.54) is 6.92 Å². The fourth-order valence-corrected chi connectivity index (χ4v) is 3.70. The van der Waals surface area contributed by atoms with Crippen LogP contribution < -0.4 is 0 Å². The summed E-state index contributed by atoms with van der Waals surface area (Å²) in [4.78, 5) is 28.9. The lowest BCUT2D eigenvalue weighted by atomic mass is 9.89. The van der Waals surface area contributed by atoms with Gasteiger partial charge in [-0.05, 0) is 18.1 Å². The largest absolute Gasteiger partial charge is 0.480 e. The van der Waals surface area contributed by atoms with Crippen molar-refractivity contribution in [3.63, 3.8) is 0 Å². The van der Waals surface area contributed by atoms with Crippen molar-refractivity contribution < 1.29 is 14.7 Å². The normalized spacial score (nSPS) is 20.5. The number of aliphatic carboxylic acids is 1. The number of carboxylic acid groups (broad SMARTS) is 1. The van der Waals surface area contributed by atoms with E-state index in [1.807, 2.05) is 24.3 Å². The summed E-state index contributed by atoms with van der Waals surface area (Å²) in [6.07, 6.45) is 3.10. The molecule has 0 bridgehead atoms. The maximum absolute atomic E-state index is 12.2. The first kappa shape index (κ1) is 15.6. The Kier molecular flexibility index (Phi) is 4.11. The fraction of sp³-hybridized carbons (Fsp3) is 0.444. The lowest BCUT2D eigenvalue weighted by molar-refractivity contribution is -0.152. The van der Waals surface area contributed by atoms with E-state index < -0.39 is 12.0 Å². The van der Waals surface area contributed by atoms with Crippen LogP contribution in [0.4, 0.5) is 0 Å². The number of carboxylic acids is 1. The predicted molar refractivity (Wildman–Crippen MR) is 88.2 cm³/mol. The van der Waals surface area contributed by atoms with E-state index in [2.05, 4.69) is 11.9 Å². The maximum atomic E-state index is 12.2. The molecule has 0 aliphatic carbocycles. The fourth-order valence-electron chi connectivity index (χ4n) is 3.70. The molecule has 3 rings (SSSR count). The Hall–Kier alpha value is -2.30. The third kappa shape index (κ3) is 2.60. The molecule has 0 saturated carbocycles. The van der Waals surface area contributed by atoms with E-state index in [0.717, 1.165) is 41.4 Å². The van der Waals surface area contributed by atoms with Crippen molar-refractivity contribution in [1.29, 1.82) is 0 Å². The summed E-state index contributed by atoms with van der Waals surface area (Å²) in [5.74, 6) is -1.11. The van der Waals surface area contributed by atoms with Crippen LogP contribution in [-0.4, -0.2) is 32.9 Å². The first-order valence-corrected chi connectivity index (χ1v) is 8.15. The van der Waals surface area contributed by atoms with Gasteiger partial charge in [-0.15, -0.1) is 0 Å². The minimum atomic E-state index is -0.933. The molecule has 2 heterocycles. The zero-order valence-electron chi connectivity index (χ0n) is 13.5. The molecule has 1 aliphatic rings. The van der Waals surface area contributed by atoms with Gasteiger partial charge in [-0.2, -0.15) is 0 Å². The van der Waals surface area contributed by atoms with Gasteiger partial charge in [0, 0.05) is 29.9 Å². The van der Waals surface area contributed by atoms with Gasteiger partial charge >= 0.3 is 5.97 Å². The lowest BCUT2D eigenvalue weighted by Crippen LogP contribution is -2.50. The van der Waals surface area contributed by atoms with E-state index in [-0.39, 0.29) is 11.9 Å². The Morgan fingerprint density at radius 3 is 2.74 bits per heavy atom. The van der Waals surface area contributed by atoms with Gasteiger partial charge < -0.3 is 15.0 Å². The molecule has 2 aromatic rings. The third-order valence-electron chi connectivity index (χ3n) is 4.73. The molecule has 0 radical (unpaired) electrons. The van der Waals surface area contributed by atoms with Gasteiger partial charge in [0.1, 0.15) is 6.04 Å². The molecule has 1 aliphatic heterocycles. The number of H-pyrrole nitrogens is 1. The number of para-hydroxylation sites is 1. The average Bonchev–Trinajstić information content (AvgIpc) is 2.90. The number of hydrogen-bond acceptors (Lipinski definition) is 2. The van der Waals surface area contributed by atoms with Gasteiger partial charge in [-0.25, -0.2) is 4.79 Å². The van der Waals surface area contributed by atoms with Gasteiger partial charge in [0.25, 0.3) is 0 Å². The topological polar surface area (TPSA) is 73.4 Å². The van der Waals surface area contributed by atoms with Crippen molar-refractivity contribution >= 4 is 22.8 Å². The minimum Gasteiger partial charge on any atom is -0.480 e. The maximum Gasteiger partial charge on any atom is 0.326 e. The molecule has 0 unspecified atom stereocenters. The zero-order valence-corrected chi connectivity index (χ0v) is 13.5. The summed E-state index contributed by atoms with van der Waals surface area (Å²) in [6.45, 7) is 3.56. The molecule has 0 spiro atoms. The highest BCUT2D eigenvalue weighted by molar-refractivity contribution is 5.89. The summed E-state index contributed by atoms with van der Waals surface area (Å²) >= 11 is 0. The highest BCUT2D eigenvalue weighted by atomic mass is 16.4. The van der Waals surface area contributed by atoms with Crippen LogP contribution >= 0.6 is 0 Å². The number of amides is 1. The van der Waals surface area contributed by atoms with Crippen LogP contribution in [0.15, 0.2) is 24.3 Å². The van der Waals surface area contributed by atoms with Crippen LogP contribution in [-0.2, 0) is 16.0 Å². The van der Waals surface area contributed by atoms with Crippen LogP contribution in [0.1, 0.15) is 50.4 Å². The highest BCUT2D eigenvalue weighted by Crippen LogP contribution is 2.39. The number of benzene rings is 1. The average molecular weight is 314 g/mol. The molecule has 1 aromatic heterocycles. The van der Waals surface area contributed by atoms with Crippen LogP contribution in [0.5, 0.6) is 0 Å². The van der Waals surface area contributed by atoms with E-state index >= 15 is 0 Å². The van der Waals surface area contributed by atoms with Gasteiger partial charge in [-0.3, -0.25) is 4.79 Å².